The number of ether oxygens (including phenoxy) is 1. The van der Waals surface area contributed by atoms with Crippen LogP contribution >= 0.6 is 0 Å². The minimum absolute atomic E-state index is 0.0559. The summed E-state index contributed by atoms with van der Waals surface area (Å²) in [7, 11) is -0.751. The summed E-state index contributed by atoms with van der Waals surface area (Å²) in [6, 6.07) is 11.2. The van der Waals surface area contributed by atoms with Crippen LogP contribution in [0.15, 0.2) is 48.5 Å². The van der Waals surface area contributed by atoms with Gasteiger partial charge in [0.2, 0.25) is 15.9 Å². The number of non-ortho nitro benzene ring substituents is 1. The Morgan fingerprint density at radius 1 is 1.21 bits per heavy atom. The lowest BCUT2D eigenvalue weighted by molar-refractivity contribution is -0.384. The zero-order valence-electron chi connectivity index (χ0n) is 16.6. The molecule has 29 heavy (non-hydrogen) atoms. The van der Waals surface area contributed by atoms with E-state index < -0.39 is 26.9 Å². The first kappa shape index (κ1) is 22.2. The van der Waals surface area contributed by atoms with E-state index in [2.05, 4.69) is 0 Å². The van der Waals surface area contributed by atoms with Crippen molar-refractivity contribution in [3.63, 3.8) is 0 Å². The third kappa shape index (κ3) is 5.44. The van der Waals surface area contributed by atoms with Gasteiger partial charge in [0.15, 0.2) is 0 Å². The van der Waals surface area contributed by atoms with E-state index >= 15 is 0 Å². The summed E-state index contributed by atoms with van der Waals surface area (Å²) in [6.45, 7) is 1.71. The Morgan fingerprint density at radius 3 is 2.34 bits per heavy atom. The lowest BCUT2D eigenvalue weighted by Gasteiger charge is -2.31. The fraction of sp³-hybridized carbons (Fsp3) is 0.316. The molecular formula is C19H23N3O6S. The lowest BCUT2D eigenvalue weighted by atomic mass is 10.2. The second kappa shape index (κ2) is 8.91. The number of carbonyl (C=O) groups excluding carboxylic acids is 1. The van der Waals surface area contributed by atoms with E-state index in [1.807, 2.05) is 12.1 Å². The number of anilines is 1. The number of benzene rings is 2. The van der Waals surface area contributed by atoms with Crippen LogP contribution < -0.4 is 9.04 Å². The molecule has 0 unspecified atom stereocenters. The number of likely N-dealkylation sites (N-methyl/N-ethyl adjacent to an activating group) is 1. The molecule has 10 heteroatoms. The van der Waals surface area contributed by atoms with Gasteiger partial charge in [0.25, 0.3) is 5.69 Å². The predicted molar refractivity (Wildman–Crippen MR) is 109 cm³/mol. The Bertz CT molecular complexity index is 991. The van der Waals surface area contributed by atoms with Crippen LogP contribution in [0.5, 0.6) is 5.75 Å². The van der Waals surface area contributed by atoms with Gasteiger partial charge in [0, 0.05) is 25.7 Å². The third-order valence-corrected chi connectivity index (χ3v) is 5.56. The topological polar surface area (TPSA) is 110 Å². The molecule has 0 bridgehead atoms. The molecule has 0 N–H and O–H groups in total. The summed E-state index contributed by atoms with van der Waals surface area (Å²) in [5, 5.41) is 11.0. The Kier molecular flexibility index (Phi) is 6.80. The van der Waals surface area contributed by atoms with Crippen LogP contribution in [0.3, 0.4) is 0 Å². The number of hydrogen-bond acceptors (Lipinski definition) is 6. The zero-order valence-corrected chi connectivity index (χ0v) is 17.4. The molecule has 2 aromatic carbocycles. The van der Waals surface area contributed by atoms with Gasteiger partial charge in [-0.15, -0.1) is 0 Å². The molecule has 0 spiro atoms. The molecule has 0 aliphatic rings. The summed E-state index contributed by atoms with van der Waals surface area (Å²) in [6.07, 6.45) is 0.957. The van der Waals surface area contributed by atoms with Crippen molar-refractivity contribution in [2.75, 3.05) is 24.7 Å². The van der Waals surface area contributed by atoms with Crippen LogP contribution in [0.2, 0.25) is 0 Å². The number of nitro groups is 1. The van der Waals surface area contributed by atoms with Crippen molar-refractivity contribution >= 4 is 27.3 Å². The van der Waals surface area contributed by atoms with Crippen LogP contribution in [-0.2, 0) is 21.4 Å². The number of hydrogen-bond donors (Lipinski definition) is 0. The molecule has 0 radical (unpaired) electrons. The summed E-state index contributed by atoms with van der Waals surface area (Å²) in [5.41, 5.74) is 0.637. The van der Waals surface area contributed by atoms with E-state index in [4.69, 9.17) is 4.74 Å². The van der Waals surface area contributed by atoms with Crippen molar-refractivity contribution in [3.8, 4) is 5.75 Å². The van der Waals surface area contributed by atoms with Crippen molar-refractivity contribution in [2.24, 2.45) is 0 Å². The molecule has 0 aromatic heterocycles. The molecule has 0 heterocycles. The number of nitrogens with zero attached hydrogens (tertiary/aromatic N) is 3. The fourth-order valence-corrected chi connectivity index (χ4v) is 4.11. The highest BCUT2D eigenvalue weighted by atomic mass is 32.2. The summed E-state index contributed by atoms with van der Waals surface area (Å²) in [4.78, 5) is 24.7. The molecule has 1 amide bonds. The maximum absolute atomic E-state index is 12.9. The minimum Gasteiger partial charge on any atom is -0.497 e. The average molecular weight is 421 g/mol. The highest BCUT2D eigenvalue weighted by Crippen LogP contribution is 2.26. The number of methoxy groups -OCH3 is 1. The first-order valence-corrected chi connectivity index (χ1v) is 10.5. The average Bonchev–Trinajstić information content (AvgIpc) is 2.67. The van der Waals surface area contributed by atoms with Gasteiger partial charge in [-0.3, -0.25) is 19.2 Å². The van der Waals surface area contributed by atoms with Crippen molar-refractivity contribution in [2.45, 2.75) is 19.5 Å². The Morgan fingerprint density at radius 2 is 1.83 bits per heavy atom. The number of rotatable bonds is 8. The van der Waals surface area contributed by atoms with E-state index in [0.29, 0.717) is 5.75 Å². The van der Waals surface area contributed by atoms with Crippen LogP contribution in [0.25, 0.3) is 0 Å². The Hall–Kier alpha value is -3.14. The molecular weight excluding hydrogens is 398 g/mol. The van der Waals surface area contributed by atoms with Gasteiger partial charge in [-0.05, 0) is 30.7 Å². The molecule has 0 aliphatic heterocycles. The molecule has 1 atom stereocenters. The van der Waals surface area contributed by atoms with Crippen molar-refractivity contribution in [1.82, 2.24) is 4.90 Å². The Labute approximate surface area is 169 Å². The molecule has 9 nitrogen and oxygen atoms in total. The quantitative estimate of drug-likeness (QED) is 0.478. The molecule has 0 aliphatic carbocycles. The van der Waals surface area contributed by atoms with Crippen LogP contribution in [0.4, 0.5) is 11.4 Å². The summed E-state index contributed by atoms with van der Waals surface area (Å²) in [5.74, 6) is 0.239. The van der Waals surface area contributed by atoms with Gasteiger partial charge < -0.3 is 9.64 Å². The molecule has 0 saturated heterocycles. The van der Waals surface area contributed by atoms with Crippen molar-refractivity contribution in [1.29, 1.82) is 0 Å². The second-order valence-corrected chi connectivity index (χ2v) is 8.41. The van der Waals surface area contributed by atoms with E-state index in [1.54, 1.807) is 26.3 Å². The van der Waals surface area contributed by atoms with Gasteiger partial charge in [0.05, 0.1) is 24.0 Å². The Balaban J connectivity index is 2.28. The predicted octanol–water partition coefficient (Wildman–Crippen LogP) is 2.42. The second-order valence-electron chi connectivity index (χ2n) is 6.55. The first-order valence-electron chi connectivity index (χ1n) is 8.66. The van der Waals surface area contributed by atoms with Crippen LogP contribution in [-0.4, -0.2) is 50.6 Å². The minimum atomic E-state index is -3.87. The first-order chi connectivity index (χ1) is 13.5. The lowest BCUT2D eigenvalue weighted by Crippen LogP contribution is -2.48. The third-order valence-electron chi connectivity index (χ3n) is 4.32. The molecule has 2 rings (SSSR count). The van der Waals surface area contributed by atoms with E-state index in [9.17, 15) is 23.3 Å². The summed E-state index contributed by atoms with van der Waals surface area (Å²) < 4.78 is 30.8. The molecule has 2 aromatic rings. The normalized spacial score (nSPS) is 12.1. The SMILES string of the molecule is COc1ccc(CN(C)C(=O)[C@H](C)N(c2cccc([N+](=O)[O-])c2)S(C)(=O)=O)cc1. The van der Waals surface area contributed by atoms with Gasteiger partial charge >= 0.3 is 0 Å². The zero-order chi connectivity index (χ0) is 21.8. The number of amides is 1. The van der Waals surface area contributed by atoms with Gasteiger partial charge in [-0.2, -0.15) is 0 Å². The smallest absolute Gasteiger partial charge is 0.271 e. The number of nitro benzene ring substituents is 1. The maximum atomic E-state index is 12.9. The van der Waals surface area contributed by atoms with Crippen molar-refractivity contribution in [3.05, 3.63) is 64.2 Å². The number of sulfonamides is 1. The standard InChI is InChI=1S/C19H23N3O6S/c1-14(19(23)20(2)13-15-8-10-18(28-3)11-9-15)21(29(4,26)27)16-6-5-7-17(12-16)22(24)25/h5-12,14H,13H2,1-4H3/t14-/m0/s1. The monoisotopic (exact) mass is 421 g/mol. The molecule has 0 fully saturated rings. The van der Waals surface area contributed by atoms with Gasteiger partial charge in [-0.25, -0.2) is 8.42 Å². The van der Waals surface area contributed by atoms with E-state index in [-0.39, 0.29) is 17.9 Å². The molecule has 156 valence electrons. The molecule has 0 saturated carbocycles. The highest BCUT2D eigenvalue weighted by Gasteiger charge is 2.31. The van der Waals surface area contributed by atoms with Crippen LogP contribution in [0.1, 0.15) is 12.5 Å². The van der Waals surface area contributed by atoms with E-state index in [0.717, 1.165) is 22.2 Å². The van der Waals surface area contributed by atoms with Crippen LogP contribution in [0, 0.1) is 10.1 Å². The number of carbonyl (C=O) groups is 1. The largest absolute Gasteiger partial charge is 0.497 e. The van der Waals surface area contributed by atoms with Gasteiger partial charge in [-0.1, -0.05) is 18.2 Å². The van der Waals surface area contributed by atoms with E-state index in [1.165, 1.54) is 30.0 Å². The maximum Gasteiger partial charge on any atom is 0.271 e. The highest BCUT2D eigenvalue weighted by molar-refractivity contribution is 7.92. The van der Waals surface area contributed by atoms with Gasteiger partial charge in [0.1, 0.15) is 11.8 Å². The fourth-order valence-electron chi connectivity index (χ4n) is 2.95. The summed E-state index contributed by atoms with van der Waals surface area (Å²) >= 11 is 0. The van der Waals surface area contributed by atoms with Crippen molar-refractivity contribution < 1.29 is 22.9 Å².